The molecule has 0 fully saturated rings. The Morgan fingerprint density at radius 1 is 1.58 bits per heavy atom. The molecule has 7 heteroatoms. The zero-order valence-electron chi connectivity index (χ0n) is 10.5. The Morgan fingerprint density at radius 2 is 2.16 bits per heavy atom. The number of aliphatic hydroxyl groups excluding tert-OH is 2. The van der Waals surface area contributed by atoms with Gasteiger partial charge in [0, 0.05) is 13.2 Å². The van der Waals surface area contributed by atoms with Crippen molar-refractivity contribution in [1.82, 2.24) is 9.80 Å². The van der Waals surface area contributed by atoms with E-state index >= 15 is 0 Å². The normalized spacial score (nSPS) is 21.8. The number of nitrogens with zero attached hydrogens (tertiary/aromatic N) is 2. The summed E-state index contributed by atoms with van der Waals surface area (Å²) in [5.74, 6) is 1.40. The predicted octanol–water partition coefficient (Wildman–Crippen LogP) is 1.07. The molecule has 0 aliphatic carbocycles. The molecule has 0 bridgehead atoms. The van der Waals surface area contributed by atoms with Crippen molar-refractivity contribution in [2.24, 2.45) is 0 Å². The molecule has 2 atom stereocenters. The van der Waals surface area contributed by atoms with Crippen molar-refractivity contribution in [1.29, 1.82) is 0 Å². The van der Waals surface area contributed by atoms with Gasteiger partial charge in [0.1, 0.15) is 11.9 Å². The molecule has 1 heterocycles. The first kappa shape index (κ1) is 15.4. The fraction of sp³-hybridized carbons (Fsp3) is 0.500. The first-order valence-electron chi connectivity index (χ1n) is 5.42. The second-order valence-corrected chi connectivity index (χ2v) is 4.23. The average Bonchev–Trinajstić information content (AvgIpc) is 2.28. The molecule has 0 saturated carbocycles. The lowest BCUT2D eigenvalue weighted by atomic mass is 10.0. The van der Waals surface area contributed by atoms with Crippen LogP contribution in [0.25, 0.3) is 0 Å². The van der Waals surface area contributed by atoms with E-state index in [1.165, 1.54) is 26.4 Å². The van der Waals surface area contributed by atoms with E-state index in [-0.39, 0.29) is 6.54 Å². The van der Waals surface area contributed by atoms with E-state index in [4.69, 9.17) is 6.42 Å². The van der Waals surface area contributed by atoms with Crippen molar-refractivity contribution in [3.05, 3.63) is 23.7 Å². The molecular formula is C12H15F3N2O2. The van der Waals surface area contributed by atoms with Gasteiger partial charge < -0.3 is 15.1 Å². The molecule has 0 amide bonds. The smallest absolute Gasteiger partial charge is 0.409 e. The average molecular weight is 276 g/mol. The third-order valence-corrected chi connectivity index (χ3v) is 2.77. The quantitative estimate of drug-likeness (QED) is 0.757. The van der Waals surface area contributed by atoms with Crippen molar-refractivity contribution >= 4 is 0 Å². The fourth-order valence-electron chi connectivity index (χ4n) is 1.90. The van der Waals surface area contributed by atoms with E-state index < -0.39 is 29.8 Å². The minimum absolute atomic E-state index is 0.241. The molecule has 0 aromatic carbocycles. The van der Waals surface area contributed by atoms with E-state index in [1.54, 1.807) is 0 Å². The van der Waals surface area contributed by atoms with Gasteiger partial charge in [-0.1, -0.05) is 5.92 Å². The lowest BCUT2D eigenvalue weighted by molar-refractivity contribution is -0.173. The van der Waals surface area contributed by atoms with Crippen LogP contribution in [0.5, 0.6) is 0 Å². The second-order valence-electron chi connectivity index (χ2n) is 4.23. The monoisotopic (exact) mass is 276 g/mol. The summed E-state index contributed by atoms with van der Waals surface area (Å²) in [6.45, 7) is -0.241. The van der Waals surface area contributed by atoms with Gasteiger partial charge in [0.05, 0.1) is 12.2 Å². The number of alkyl halides is 3. The molecule has 106 valence electrons. The molecule has 1 rings (SSSR count). The Kier molecular flexibility index (Phi) is 4.50. The number of hydrogen-bond donors (Lipinski definition) is 2. The van der Waals surface area contributed by atoms with Gasteiger partial charge in [-0.2, -0.15) is 13.2 Å². The third-order valence-electron chi connectivity index (χ3n) is 2.77. The summed E-state index contributed by atoms with van der Waals surface area (Å²) in [6.07, 6.45) is 1.40. The standard InChI is InChI=1S/C12H15F3N2O2/c1-4-6-17(3)11(12(13,14)15)9-10(19)8(18)5-7-16(9)2/h1,5,7-8,11,18-19H,6H2,2-3H3. The van der Waals surface area contributed by atoms with Crippen LogP contribution in [-0.4, -0.2) is 59.0 Å². The van der Waals surface area contributed by atoms with E-state index in [1.807, 2.05) is 0 Å². The highest BCUT2D eigenvalue weighted by Crippen LogP contribution is 2.34. The Hall–Kier alpha value is -1.65. The Morgan fingerprint density at radius 3 is 2.63 bits per heavy atom. The minimum atomic E-state index is -4.63. The third kappa shape index (κ3) is 3.22. The SMILES string of the molecule is C#CCN(C)C(C1=C(O)C(O)C=CN1C)C(F)(F)F. The highest BCUT2D eigenvalue weighted by atomic mass is 19.4. The van der Waals surface area contributed by atoms with Gasteiger partial charge >= 0.3 is 6.18 Å². The molecule has 0 saturated heterocycles. The van der Waals surface area contributed by atoms with E-state index in [0.29, 0.717) is 0 Å². The number of rotatable bonds is 3. The zero-order chi connectivity index (χ0) is 14.8. The van der Waals surface area contributed by atoms with Crippen LogP contribution >= 0.6 is 0 Å². The van der Waals surface area contributed by atoms with Crippen LogP contribution < -0.4 is 0 Å². The van der Waals surface area contributed by atoms with Crippen LogP contribution in [0.3, 0.4) is 0 Å². The van der Waals surface area contributed by atoms with Crippen LogP contribution in [0.4, 0.5) is 13.2 Å². The second kappa shape index (κ2) is 5.55. The molecule has 19 heavy (non-hydrogen) atoms. The maximum absolute atomic E-state index is 13.2. The van der Waals surface area contributed by atoms with Crippen LogP contribution in [0.2, 0.25) is 0 Å². The topological polar surface area (TPSA) is 46.9 Å². The zero-order valence-corrected chi connectivity index (χ0v) is 10.5. The molecular weight excluding hydrogens is 261 g/mol. The summed E-state index contributed by atoms with van der Waals surface area (Å²) in [4.78, 5) is 2.00. The van der Waals surface area contributed by atoms with E-state index in [9.17, 15) is 23.4 Å². The summed E-state index contributed by atoms with van der Waals surface area (Å²) < 4.78 is 39.5. The molecule has 1 aliphatic rings. The fourth-order valence-corrected chi connectivity index (χ4v) is 1.90. The Balaban J connectivity index is 3.25. The first-order chi connectivity index (χ1) is 8.70. The van der Waals surface area contributed by atoms with Gasteiger partial charge in [0.2, 0.25) is 0 Å². The highest BCUT2D eigenvalue weighted by molar-refractivity contribution is 5.27. The van der Waals surface area contributed by atoms with Crippen LogP contribution in [-0.2, 0) is 0 Å². The predicted molar refractivity (Wildman–Crippen MR) is 63.9 cm³/mol. The molecule has 0 radical (unpaired) electrons. The van der Waals surface area contributed by atoms with Crippen LogP contribution in [0.15, 0.2) is 23.7 Å². The maximum Gasteiger partial charge on any atom is 0.409 e. The first-order valence-corrected chi connectivity index (χ1v) is 5.42. The number of likely N-dealkylation sites (N-methyl/N-ethyl adjacent to an activating group) is 2. The van der Waals surface area contributed by atoms with Gasteiger partial charge in [-0.15, -0.1) is 6.42 Å². The molecule has 0 spiro atoms. The lowest BCUT2D eigenvalue weighted by Gasteiger charge is -2.36. The lowest BCUT2D eigenvalue weighted by Crippen LogP contribution is -2.49. The molecule has 1 aliphatic heterocycles. The number of halogens is 3. The largest absolute Gasteiger partial charge is 0.507 e. The van der Waals surface area contributed by atoms with Gasteiger partial charge in [-0.05, 0) is 13.1 Å². The Bertz CT molecular complexity index is 437. The van der Waals surface area contributed by atoms with Crippen LogP contribution in [0.1, 0.15) is 0 Å². The van der Waals surface area contributed by atoms with Crippen LogP contribution in [0, 0.1) is 12.3 Å². The number of aliphatic hydroxyl groups is 2. The maximum atomic E-state index is 13.2. The van der Waals surface area contributed by atoms with E-state index in [0.717, 1.165) is 9.80 Å². The van der Waals surface area contributed by atoms with Crippen molar-refractivity contribution in [2.45, 2.75) is 18.3 Å². The summed E-state index contributed by atoms with van der Waals surface area (Å²) in [7, 11) is 2.56. The summed E-state index contributed by atoms with van der Waals surface area (Å²) in [6, 6.07) is -2.09. The van der Waals surface area contributed by atoms with Crippen molar-refractivity contribution in [3.8, 4) is 12.3 Å². The van der Waals surface area contributed by atoms with Crippen molar-refractivity contribution < 1.29 is 23.4 Å². The summed E-state index contributed by atoms with van der Waals surface area (Å²) in [5, 5.41) is 19.2. The summed E-state index contributed by atoms with van der Waals surface area (Å²) in [5.41, 5.74) is -0.430. The molecule has 4 nitrogen and oxygen atoms in total. The minimum Gasteiger partial charge on any atom is -0.507 e. The highest BCUT2D eigenvalue weighted by Gasteiger charge is 2.48. The molecule has 2 N–H and O–H groups in total. The molecule has 2 unspecified atom stereocenters. The Labute approximate surface area is 109 Å². The molecule has 0 aromatic heterocycles. The number of hydrogen-bond acceptors (Lipinski definition) is 4. The summed E-state index contributed by atoms with van der Waals surface area (Å²) >= 11 is 0. The van der Waals surface area contributed by atoms with Crippen molar-refractivity contribution in [3.63, 3.8) is 0 Å². The van der Waals surface area contributed by atoms with E-state index in [2.05, 4.69) is 5.92 Å². The molecule has 0 aromatic rings. The van der Waals surface area contributed by atoms with Gasteiger partial charge in [-0.3, -0.25) is 4.90 Å². The van der Waals surface area contributed by atoms with Crippen molar-refractivity contribution in [2.75, 3.05) is 20.6 Å². The van der Waals surface area contributed by atoms with Gasteiger partial charge in [0.25, 0.3) is 0 Å². The van der Waals surface area contributed by atoms with Gasteiger partial charge in [0.15, 0.2) is 6.04 Å². The van der Waals surface area contributed by atoms with Gasteiger partial charge in [-0.25, -0.2) is 0 Å². The number of terminal acetylenes is 1.